The first kappa shape index (κ1) is 25.9. The molecule has 4 aromatic carbocycles. The fourth-order valence-corrected chi connectivity index (χ4v) is 3.60. The lowest BCUT2D eigenvalue weighted by molar-refractivity contribution is -0.119. The van der Waals surface area contributed by atoms with E-state index in [0.29, 0.717) is 17.2 Å². The number of hydrogen-bond donors (Lipinski definition) is 2. The monoisotopic (exact) mass is 518 g/mol. The van der Waals surface area contributed by atoms with E-state index in [-0.39, 0.29) is 23.8 Å². The Labute approximate surface area is 219 Å². The molecular weight excluding hydrogens is 495 g/mol. The summed E-state index contributed by atoms with van der Waals surface area (Å²) in [5.41, 5.74) is 1.13. The van der Waals surface area contributed by atoms with Gasteiger partial charge in [-0.15, -0.1) is 0 Å². The molecule has 4 rings (SSSR count). The third-order valence-electron chi connectivity index (χ3n) is 5.31. The van der Waals surface area contributed by atoms with Crippen molar-refractivity contribution in [3.8, 4) is 11.5 Å². The molecule has 0 spiro atoms. The van der Waals surface area contributed by atoms with Crippen LogP contribution in [0.3, 0.4) is 0 Å². The molecule has 0 aliphatic rings. The number of amides is 2. The third kappa shape index (κ3) is 7.39. The lowest BCUT2D eigenvalue weighted by Gasteiger charge is -2.19. The fraction of sp³-hybridized carbons (Fsp3) is 0.103. The van der Waals surface area contributed by atoms with Crippen molar-refractivity contribution in [2.45, 2.75) is 12.6 Å². The van der Waals surface area contributed by atoms with Crippen molar-refractivity contribution in [1.82, 2.24) is 5.32 Å². The molecule has 0 aromatic heterocycles. The van der Waals surface area contributed by atoms with Crippen molar-refractivity contribution in [3.05, 3.63) is 125 Å². The van der Waals surface area contributed by atoms with E-state index in [2.05, 4.69) is 10.6 Å². The average molecular weight is 519 g/mol. The number of carbonyl (C=O) groups is 2. The first-order chi connectivity index (χ1) is 18.0. The van der Waals surface area contributed by atoms with E-state index in [0.717, 1.165) is 5.56 Å². The summed E-state index contributed by atoms with van der Waals surface area (Å²) in [4.78, 5) is 25.9. The van der Waals surface area contributed by atoms with Crippen LogP contribution < -0.4 is 15.4 Å². The van der Waals surface area contributed by atoms with E-state index in [9.17, 15) is 14.0 Å². The Morgan fingerprint density at radius 1 is 0.811 bits per heavy atom. The lowest BCUT2D eigenvalue weighted by atomic mass is 10.1. The van der Waals surface area contributed by atoms with Gasteiger partial charge in [0.2, 0.25) is 5.91 Å². The quantitative estimate of drug-likeness (QED) is 0.261. The molecule has 1 atom stereocenters. The Balaban J connectivity index is 1.43. The van der Waals surface area contributed by atoms with Gasteiger partial charge in [0, 0.05) is 5.69 Å². The number of rotatable bonds is 10. The van der Waals surface area contributed by atoms with Crippen LogP contribution in [0.15, 0.2) is 103 Å². The van der Waals surface area contributed by atoms with E-state index in [4.69, 9.17) is 21.1 Å². The second kappa shape index (κ2) is 12.7. The molecule has 188 valence electrons. The molecule has 0 radical (unpaired) electrons. The largest absolute Gasteiger partial charge is 0.457 e. The lowest BCUT2D eigenvalue weighted by Crippen LogP contribution is -2.47. The number of nitrogens with one attached hydrogen (secondary N) is 2. The van der Waals surface area contributed by atoms with Gasteiger partial charge in [0.1, 0.15) is 17.5 Å². The van der Waals surface area contributed by atoms with Crippen molar-refractivity contribution in [3.63, 3.8) is 0 Å². The highest BCUT2D eigenvalue weighted by molar-refractivity contribution is 6.31. The topological polar surface area (TPSA) is 76.7 Å². The Morgan fingerprint density at radius 3 is 2.16 bits per heavy atom. The summed E-state index contributed by atoms with van der Waals surface area (Å²) in [7, 11) is 0. The van der Waals surface area contributed by atoms with Gasteiger partial charge in [0.05, 0.1) is 23.8 Å². The smallest absolute Gasteiger partial charge is 0.255 e. The highest BCUT2D eigenvalue weighted by atomic mass is 35.5. The normalized spacial score (nSPS) is 11.4. The number of benzene rings is 4. The molecule has 0 fully saturated rings. The molecule has 1 unspecified atom stereocenters. The molecular formula is C29H24ClFN2O4. The summed E-state index contributed by atoms with van der Waals surface area (Å²) >= 11 is 5.81. The number of ether oxygens (including phenoxy) is 2. The van der Waals surface area contributed by atoms with E-state index in [1.807, 2.05) is 60.7 Å². The molecule has 6 nitrogen and oxygen atoms in total. The third-order valence-corrected chi connectivity index (χ3v) is 5.61. The molecule has 0 aliphatic carbocycles. The van der Waals surface area contributed by atoms with Crippen LogP contribution in [0, 0.1) is 5.82 Å². The highest BCUT2D eigenvalue weighted by Crippen LogP contribution is 2.23. The standard InChI is InChI=1S/C29H24ClFN2O4/c30-25-13-7-12-24(27(25)31)28(34)33-26(19-36-18-20-8-3-1-4-9-20)29(35)32-21-14-16-23(17-15-21)37-22-10-5-2-6-11-22/h1-17,26H,18-19H2,(H,32,35)(H,33,34). The van der Waals surface area contributed by atoms with Gasteiger partial charge in [-0.2, -0.15) is 0 Å². The summed E-state index contributed by atoms with van der Waals surface area (Å²) in [6.07, 6.45) is 0. The minimum atomic E-state index is -1.10. The summed E-state index contributed by atoms with van der Waals surface area (Å²) < 4.78 is 25.9. The first-order valence-electron chi connectivity index (χ1n) is 11.5. The molecule has 0 saturated carbocycles. The minimum Gasteiger partial charge on any atom is -0.457 e. The van der Waals surface area contributed by atoms with Gasteiger partial charge in [-0.05, 0) is 54.1 Å². The van der Waals surface area contributed by atoms with Gasteiger partial charge in [-0.3, -0.25) is 9.59 Å². The number of halogens is 2. The van der Waals surface area contributed by atoms with Crippen LogP contribution in [0.1, 0.15) is 15.9 Å². The second-order valence-corrected chi connectivity index (χ2v) is 8.46. The Morgan fingerprint density at radius 2 is 1.46 bits per heavy atom. The second-order valence-electron chi connectivity index (χ2n) is 8.06. The maximum Gasteiger partial charge on any atom is 0.255 e. The SMILES string of the molecule is O=C(NC(COCc1ccccc1)C(=O)Nc1ccc(Oc2ccccc2)cc1)c1cccc(Cl)c1F. The molecule has 0 heterocycles. The minimum absolute atomic E-state index is 0.135. The van der Waals surface area contributed by atoms with Crippen molar-refractivity contribution in [2.75, 3.05) is 11.9 Å². The number of hydrogen-bond acceptors (Lipinski definition) is 4. The molecule has 8 heteroatoms. The summed E-state index contributed by atoms with van der Waals surface area (Å²) in [5, 5.41) is 5.12. The van der Waals surface area contributed by atoms with Gasteiger partial charge in [-0.25, -0.2) is 4.39 Å². The van der Waals surface area contributed by atoms with Gasteiger partial charge in [-0.1, -0.05) is 66.2 Å². The zero-order valence-electron chi connectivity index (χ0n) is 19.7. The van der Waals surface area contributed by atoms with Crippen molar-refractivity contribution < 1.29 is 23.5 Å². The zero-order valence-corrected chi connectivity index (χ0v) is 20.5. The van der Waals surface area contributed by atoms with Crippen LogP contribution in [0.2, 0.25) is 5.02 Å². The molecule has 37 heavy (non-hydrogen) atoms. The molecule has 0 saturated heterocycles. The molecule has 2 amide bonds. The average Bonchev–Trinajstić information content (AvgIpc) is 2.92. The number of anilines is 1. The Kier molecular flexibility index (Phi) is 8.86. The van der Waals surface area contributed by atoms with Gasteiger partial charge >= 0.3 is 0 Å². The zero-order chi connectivity index (χ0) is 26.0. The molecule has 2 N–H and O–H groups in total. The predicted octanol–water partition coefficient (Wildman–Crippen LogP) is 6.23. The summed E-state index contributed by atoms with van der Waals surface area (Å²) in [6, 6.07) is 28.5. The van der Waals surface area contributed by atoms with Crippen molar-refractivity contribution >= 4 is 29.1 Å². The van der Waals surface area contributed by atoms with Crippen LogP contribution in [-0.4, -0.2) is 24.5 Å². The summed E-state index contributed by atoms with van der Waals surface area (Å²) in [5.74, 6) is -0.891. The Hall–Kier alpha value is -4.20. The maximum atomic E-state index is 14.4. The first-order valence-corrected chi connectivity index (χ1v) is 11.9. The maximum absolute atomic E-state index is 14.4. The molecule has 0 bridgehead atoms. The number of para-hydroxylation sites is 1. The highest BCUT2D eigenvalue weighted by Gasteiger charge is 2.24. The van der Waals surface area contributed by atoms with E-state index in [1.165, 1.54) is 18.2 Å². The fourth-order valence-electron chi connectivity index (χ4n) is 3.43. The van der Waals surface area contributed by atoms with Crippen LogP contribution in [0.5, 0.6) is 11.5 Å². The van der Waals surface area contributed by atoms with Crippen LogP contribution in [0.25, 0.3) is 0 Å². The van der Waals surface area contributed by atoms with Gasteiger partial charge < -0.3 is 20.1 Å². The molecule has 4 aromatic rings. The van der Waals surface area contributed by atoms with Crippen LogP contribution in [0.4, 0.5) is 10.1 Å². The number of carbonyl (C=O) groups excluding carboxylic acids is 2. The van der Waals surface area contributed by atoms with Crippen molar-refractivity contribution in [2.24, 2.45) is 0 Å². The van der Waals surface area contributed by atoms with E-state index in [1.54, 1.807) is 24.3 Å². The Bertz CT molecular complexity index is 1340. The van der Waals surface area contributed by atoms with Gasteiger partial charge in [0.15, 0.2) is 5.82 Å². The summed E-state index contributed by atoms with van der Waals surface area (Å²) in [6.45, 7) is 0.0986. The van der Waals surface area contributed by atoms with E-state index < -0.39 is 23.7 Å². The van der Waals surface area contributed by atoms with Crippen LogP contribution >= 0.6 is 11.6 Å². The van der Waals surface area contributed by atoms with Gasteiger partial charge in [0.25, 0.3) is 5.91 Å². The van der Waals surface area contributed by atoms with Crippen LogP contribution in [-0.2, 0) is 16.1 Å². The molecule has 0 aliphatic heterocycles. The predicted molar refractivity (Wildman–Crippen MR) is 140 cm³/mol. The van der Waals surface area contributed by atoms with E-state index >= 15 is 0 Å². The van der Waals surface area contributed by atoms with Crippen molar-refractivity contribution in [1.29, 1.82) is 0 Å².